The number of nitrogens with zero attached hydrogens (tertiary/aromatic N) is 2. The summed E-state index contributed by atoms with van der Waals surface area (Å²) in [6.07, 6.45) is 3.45. The first-order chi connectivity index (χ1) is 12.0. The number of para-hydroxylation sites is 1. The van der Waals surface area contributed by atoms with E-state index in [1.54, 1.807) is 4.68 Å². The van der Waals surface area contributed by atoms with Crippen LogP contribution in [0.25, 0.3) is 0 Å². The van der Waals surface area contributed by atoms with Gasteiger partial charge in [0.2, 0.25) is 5.91 Å². The Balaban J connectivity index is 1.48. The van der Waals surface area contributed by atoms with Crippen LogP contribution >= 0.6 is 0 Å². The molecule has 0 spiro atoms. The number of aliphatic hydroxyl groups is 1. The summed E-state index contributed by atoms with van der Waals surface area (Å²) in [7, 11) is 1.87. The van der Waals surface area contributed by atoms with Gasteiger partial charge in [0.1, 0.15) is 18.0 Å². The van der Waals surface area contributed by atoms with Gasteiger partial charge in [-0.15, -0.1) is 0 Å². The van der Waals surface area contributed by atoms with E-state index >= 15 is 0 Å². The summed E-state index contributed by atoms with van der Waals surface area (Å²) < 4.78 is 7.59. The third-order valence-electron chi connectivity index (χ3n) is 4.67. The molecule has 1 aromatic carbocycles. The van der Waals surface area contributed by atoms with Crippen molar-refractivity contribution in [2.45, 2.75) is 50.9 Å². The molecule has 1 aliphatic rings. The molecule has 0 unspecified atom stereocenters. The van der Waals surface area contributed by atoms with Crippen LogP contribution in [0.15, 0.2) is 36.5 Å². The van der Waals surface area contributed by atoms with Gasteiger partial charge < -0.3 is 15.2 Å². The average molecular weight is 343 g/mol. The van der Waals surface area contributed by atoms with Gasteiger partial charge in [-0.3, -0.25) is 9.48 Å². The maximum atomic E-state index is 12.2. The maximum absolute atomic E-state index is 12.2. The molecule has 0 bridgehead atoms. The third-order valence-corrected chi connectivity index (χ3v) is 4.67. The van der Waals surface area contributed by atoms with Gasteiger partial charge in [0.05, 0.1) is 11.7 Å². The van der Waals surface area contributed by atoms with Crippen LogP contribution in [0, 0.1) is 6.92 Å². The summed E-state index contributed by atoms with van der Waals surface area (Å²) in [4.78, 5) is 12.2. The summed E-state index contributed by atoms with van der Waals surface area (Å²) in [6.45, 7) is 1.94. The van der Waals surface area contributed by atoms with Crippen molar-refractivity contribution in [1.29, 1.82) is 0 Å². The highest BCUT2D eigenvalue weighted by atomic mass is 16.5. The molecule has 1 aliphatic carbocycles. The van der Waals surface area contributed by atoms with Gasteiger partial charge in [-0.1, -0.05) is 18.2 Å². The van der Waals surface area contributed by atoms with Gasteiger partial charge in [-0.25, -0.2) is 0 Å². The zero-order chi connectivity index (χ0) is 17.8. The monoisotopic (exact) mass is 343 g/mol. The number of aromatic nitrogens is 2. The fourth-order valence-corrected chi connectivity index (χ4v) is 3.33. The molecule has 1 saturated carbocycles. The number of hydrogen-bond acceptors (Lipinski definition) is 4. The van der Waals surface area contributed by atoms with E-state index in [0.29, 0.717) is 12.8 Å². The van der Waals surface area contributed by atoms with Crippen LogP contribution < -0.4 is 10.1 Å². The maximum Gasteiger partial charge on any atom is 0.220 e. The molecular formula is C19H25N3O3. The highest BCUT2D eigenvalue weighted by Crippen LogP contribution is 2.25. The van der Waals surface area contributed by atoms with E-state index < -0.39 is 6.10 Å². The van der Waals surface area contributed by atoms with E-state index in [0.717, 1.165) is 29.8 Å². The van der Waals surface area contributed by atoms with Crippen molar-refractivity contribution >= 4 is 5.91 Å². The number of nitrogens with one attached hydrogen (secondary N) is 1. The molecule has 6 heteroatoms. The standard InChI is InChI=1S/C19H25N3O3/c1-13-14(12-22(2)21-13)8-11-18(23)20-16-9-10-17(19(16)24)25-15-6-4-3-5-7-15/h3-7,12,16-17,19,24H,8-11H2,1-2H3,(H,20,23)/t16-,17-,19-/m1/s1. The molecule has 1 fully saturated rings. The van der Waals surface area contributed by atoms with Crippen LogP contribution in [0.2, 0.25) is 0 Å². The minimum atomic E-state index is -0.690. The van der Waals surface area contributed by atoms with E-state index in [1.165, 1.54) is 0 Å². The molecule has 25 heavy (non-hydrogen) atoms. The molecule has 3 rings (SSSR count). The zero-order valence-corrected chi connectivity index (χ0v) is 14.7. The van der Waals surface area contributed by atoms with E-state index in [-0.39, 0.29) is 18.1 Å². The molecule has 6 nitrogen and oxygen atoms in total. The van der Waals surface area contributed by atoms with Crippen LogP contribution in [0.5, 0.6) is 5.75 Å². The Hall–Kier alpha value is -2.34. The zero-order valence-electron chi connectivity index (χ0n) is 14.7. The van der Waals surface area contributed by atoms with Gasteiger partial charge in [-0.05, 0) is 43.9 Å². The van der Waals surface area contributed by atoms with Crippen molar-refractivity contribution in [3.63, 3.8) is 0 Å². The summed E-state index contributed by atoms with van der Waals surface area (Å²) >= 11 is 0. The molecule has 0 saturated heterocycles. The van der Waals surface area contributed by atoms with Crippen LogP contribution in [-0.4, -0.2) is 39.0 Å². The number of aryl methyl sites for hydroxylation is 3. The Morgan fingerprint density at radius 2 is 2.12 bits per heavy atom. The van der Waals surface area contributed by atoms with Crippen molar-refractivity contribution in [3.05, 3.63) is 47.8 Å². The molecule has 1 heterocycles. The van der Waals surface area contributed by atoms with Crippen LogP contribution in [0.3, 0.4) is 0 Å². The predicted molar refractivity (Wildman–Crippen MR) is 94.3 cm³/mol. The topological polar surface area (TPSA) is 76.4 Å². The number of benzene rings is 1. The van der Waals surface area contributed by atoms with Gasteiger partial charge in [0.25, 0.3) is 0 Å². The average Bonchev–Trinajstić information content (AvgIpc) is 3.09. The first-order valence-corrected chi connectivity index (χ1v) is 8.71. The highest BCUT2D eigenvalue weighted by Gasteiger charge is 2.37. The number of rotatable bonds is 6. The molecule has 0 radical (unpaired) electrons. The van der Waals surface area contributed by atoms with Crippen molar-refractivity contribution in [3.8, 4) is 5.75 Å². The number of amides is 1. The fraction of sp³-hybridized carbons (Fsp3) is 0.474. The lowest BCUT2D eigenvalue weighted by Crippen LogP contribution is -2.44. The van der Waals surface area contributed by atoms with E-state index in [4.69, 9.17) is 4.74 Å². The predicted octanol–water partition coefficient (Wildman–Crippen LogP) is 1.75. The van der Waals surface area contributed by atoms with Crippen molar-refractivity contribution in [2.24, 2.45) is 7.05 Å². The van der Waals surface area contributed by atoms with Crippen molar-refractivity contribution in [1.82, 2.24) is 15.1 Å². The Morgan fingerprint density at radius 3 is 2.80 bits per heavy atom. The van der Waals surface area contributed by atoms with Crippen LogP contribution in [-0.2, 0) is 18.3 Å². The molecule has 2 aromatic rings. The second kappa shape index (κ2) is 7.70. The smallest absolute Gasteiger partial charge is 0.220 e. The van der Waals surface area contributed by atoms with Gasteiger partial charge in [0, 0.05) is 19.7 Å². The van der Waals surface area contributed by atoms with E-state index in [2.05, 4.69) is 10.4 Å². The molecule has 2 N–H and O–H groups in total. The lowest BCUT2D eigenvalue weighted by Gasteiger charge is -2.21. The Bertz CT molecular complexity index is 714. The highest BCUT2D eigenvalue weighted by molar-refractivity contribution is 5.76. The molecule has 134 valence electrons. The molecule has 3 atom stereocenters. The lowest BCUT2D eigenvalue weighted by molar-refractivity contribution is -0.122. The second-order valence-corrected chi connectivity index (χ2v) is 6.62. The third kappa shape index (κ3) is 4.39. The Labute approximate surface area is 147 Å². The Morgan fingerprint density at radius 1 is 1.36 bits per heavy atom. The largest absolute Gasteiger partial charge is 0.488 e. The number of aliphatic hydroxyl groups excluding tert-OH is 1. The number of hydrogen-bond donors (Lipinski definition) is 2. The molecular weight excluding hydrogens is 318 g/mol. The lowest BCUT2D eigenvalue weighted by atomic mass is 10.1. The summed E-state index contributed by atoms with van der Waals surface area (Å²) in [5, 5.41) is 17.7. The van der Waals surface area contributed by atoms with Crippen LogP contribution in [0.4, 0.5) is 0 Å². The number of carbonyl (C=O) groups excluding carboxylic acids is 1. The number of carbonyl (C=O) groups is 1. The van der Waals surface area contributed by atoms with Gasteiger partial charge >= 0.3 is 0 Å². The number of ether oxygens (including phenoxy) is 1. The summed E-state index contributed by atoms with van der Waals surface area (Å²) in [5.41, 5.74) is 2.03. The van der Waals surface area contributed by atoms with Crippen molar-refractivity contribution < 1.29 is 14.6 Å². The molecule has 1 aromatic heterocycles. The SMILES string of the molecule is Cc1nn(C)cc1CCC(=O)N[C@@H]1CC[C@@H](Oc2ccccc2)[C@@H]1O. The fourth-order valence-electron chi connectivity index (χ4n) is 3.33. The summed E-state index contributed by atoms with van der Waals surface area (Å²) in [6, 6.07) is 9.21. The van der Waals surface area contributed by atoms with E-state index in [1.807, 2.05) is 50.5 Å². The van der Waals surface area contributed by atoms with Gasteiger partial charge in [-0.2, -0.15) is 5.10 Å². The van der Waals surface area contributed by atoms with E-state index in [9.17, 15) is 9.90 Å². The minimum absolute atomic E-state index is 0.0485. The minimum Gasteiger partial charge on any atom is -0.488 e. The Kier molecular flexibility index (Phi) is 5.38. The molecule has 0 aliphatic heterocycles. The van der Waals surface area contributed by atoms with Gasteiger partial charge in [0.15, 0.2) is 0 Å². The van der Waals surface area contributed by atoms with Crippen LogP contribution in [0.1, 0.15) is 30.5 Å². The second-order valence-electron chi connectivity index (χ2n) is 6.62. The normalized spacial score (nSPS) is 22.8. The summed E-state index contributed by atoms with van der Waals surface area (Å²) in [5.74, 6) is 0.693. The quantitative estimate of drug-likeness (QED) is 0.838. The molecule has 1 amide bonds. The van der Waals surface area contributed by atoms with Crippen molar-refractivity contribution in [2.75, 3.05) is 0 Å². The first-order valence-electron chi connectivity index (χ1n) is 8.71. The first kappa shape index (κ1) is 17.5.